The number of likely N-dealkylation sites (N-methyl/N-ethyl adjacent to an activating group) is 1. The Morgan fingerprint density at radius 3 is 2.89 bits per heavy atom. The van der Waals surface area contributed by atoms with Crippen LogP contribution in [-0.2, 0) is 14.8 Å². The van der Waals surface area contributed by atoms with Gasteiger partial charge in [-0.1, -0.05) is 6.07 Å². The summed E-state index contributed by atoms with van der Waals surface area (Å²) in [5.41, 5.74) is 0.744. The van der Waals surface area contributed by atoms with Crippen molar-refractivity contribution in [3.63, 3.8) is 0 Å². The van der Waals surface area contributed by atoms with Gasteiger partial charge in [-0.2, -0.15) is 5.10 Å². The lowest BCUT2D eigenvalue weighted by atomic mass is 10.1. The molecule has 10 heteroatoms. The van der Waals surface area contributed by atoms with E-state index in [1.165, 1.54) is 5.01 Å². The first kappa shape index (κ1) is 19.7. The van der Waals surface area contributed by atoms with Gasteiger partial charge in [0, 0.05) is 24.4 Å². The first-order valence-electron chi connectivity index (χ1n) is 8.43. The average molecular weight is 411 g/mol. The third-order valence-corrected chi connectivity index (χ3v) is 5.81. The second-order valence-corrected chi connectivity index (χ2v) is 9.21. The number of hydrogen-bond acceptors (Lipinski definition) is 7. The maximum Gasteiger partial charge on any atom is 0.257 e. The van der Waals surface area contributed by atoms with Crippen LogP contribution in [-0.4, -0.2) is 62.9 Å². The van der Waals surface area contributed by atoms with Gasteiger partial charge in [-0.05, 0) is 30.6 Å². The molecule has 0 spiro atoms. The Morgan fingerprint density at radius 1 is 1.44 bits per heavy atom. The molecule has 0 radical (unpaired) electrons. The van der Waals surface area contributed by atoms with E-state index in [-0.39, 0.29) is 25.0 Å². The molecule has 2 aromatic heterocycles. The van der Waals surface area contributed by atoms with E-state index in [1.807, 2.05) is 23.6 Å². The summed E-state index contributed by atoms with van der Waals surface area (Å²) in [4.78, 5) is 15.7. The Balaban J connectivity index is 1.68. The highest BCUT2D eigenvalue weighted by molar-refractivity contribution is 7.88. The normalized spacial score (nSPS) is 17.5. The summed E-state index contributed by atoms with van der Waals surface area (Å²) < 4.78 is 30.1. The van der Waals surface area contributed by atoms with Gasteiger partial charge >= 0.3 is 0 Å². The largest absolute Gasteiger partial charge is 0.463 e. The maximum atomic E-state index is 12.8. The van der Waals surface area contributed by atoms with E-state index in [4.69, 9.17) is 4.42 Å². The van der Waals surface area contributed by atoms with Crippen LogP contribution in [0.15, 0.2) is 45.4 Å². The number of hydrogen-bond donors (Lipinski definition) is 1. The van der Waals surface area contributed by atoms with Gasteiger partial charge in [-0.3, -0.25) is 9.69 Å². The van der Waals surface area contributed by atoms with E-state index in [1.54, 1.807) is 35.6 Å². The molecule has 0 bridgehead atoms. The Morgan fingerprint density at radius 2 is 2.26 bits per heavy atom. The van der Waals surface area contributed by atoms with Crippen molar-refractivity contribution in [3.8, 4) is 0 Å². The van der Waals surface area contributed by atoms with Crippen molar-refractivity contribution < 1.29 is 17.6 Å². The van der Waals surface area contributed by atoms with Crippen LogP contribution in [0.1, 0.15) is 23.1 Å². The molecule has 0 fully saturated rings. The molecule has 1 aliphatic heterocycles. The summed E-state index contributed by atoms with van der Waals surface area (Å²) in [6.45, 7) is 0.811. The highest BCUT2D eigenvalue weighted by atomic mass is 32.2. The summed E-state index contributed by atoms with van der Waals surface area (Å²) in [6, 6.07) is 7.43. The van der Waals surface area contributed by atoms with Gasteiger partial charge in [-0.15, -0.1) is 11.3 Å². The fourth-order valence-electron chi connectivity index (χ4n) is 2.84. The number of amides is 1. The van der Waals surface area contributed by atoms with E-state index in [2.05, 4.69) is 9.82 Å². The number of carbonyl (C=O) groups excluding carboxylic acids is 1. The number of carbonyl (C=O) groups is 1. The van der Waals surface area contributed by atoms with Crippen LogP contribution in [0.4, 0.5) is 0 Å². The molecule has 1 N–H and O–H groups in total. The molecule has 2 aromatic rings. The Hall–Kier alpha value is -2.01. The van der Waals surface area contributed by atoms with E-state index in [0.717, 1.165) is 16.8 Å². The quantitative estimate of drug-likeness (QED) is 0.712. The van der Waals surface area contributed by atoms with Gasteiger partial charge in [0.15, 0.2) is 0 Å². The van der Waals surface area contributed by atoms with Gasteiger partial charge in [-0.25, -0.2) is 18.1 Å². The van der Waals surface area contributed by atoms with Crippen LogP contribution in [0.25, 0.3) is 0 Å². The summed E-state index contributed by atoms with van der Waals surface area (Å²) in [5, 5.41) is 8.01. The zero-order chi connectivity index (χ0) is 19.4. The van der Waals surface area contributed by atoms with Crippen LogP contribution in [0.3, 0.4) is 0 Å². The second kappa shape index (κ2) is 8.34. The van der Waals surface area contributed by atoms with Gasteiger partial charge in [0.1, 0.15) is 11.5 Å². The molecule has 1 unspecified atom stereocenters. The molecule has 1 aliphatic rings. The number of furan rings is 1. The van der Waals surface area contributed by atoms with E-state index in [0.29, 0.717) is 18.7 Å². The van der Waals surface area contributed by atoms with Crippen molar-refractivity contribution >= 4 is 33.0 Å². The Bertz CT molecular complexity index is 892. The molecule has 3 rings (SSSR count). The molecule has 0 aromatic carbocycles. The minimum absolute atomic E-state index is 0.141. The highest BCUT2D eigenvalue weighted by Crippen LogP contribution is 2.35. The minimum atomic E-state index is -3.24. The fraction of sp³-hybridized carbons (Fsp3) is 0.412. The molecule has 0 saturated carbocycles. The first-order chi connectivity index (χ1) is 12.8. The third-order valence-electron chi connectivity index (χ3n) is 4.11. The Kier molecular flexibility index (Phi) is 6.10. The zero-order valence-corrected chi connectivity index (χ0v) is 16.8. The summed E-state index contributed by atoms with van der Waals surface area (Å²) in [5.74, 6) is 0.523. The number of nitrogens with one attached hydrogen (secondary N) is 1. The molecular weight excluding hydrogens is 388 g/mol. The van der Waals surface area contributed by atoms with Crippen LogP contribution in [0, 0.1) is 0 Å². The van der Waals surface area contributed by atoms with Gasteiger partial charge in [0.25, 0.3) is 5.91 Å². The fourth-order valence-corrected chi connectivity index (χ4v) is 4.11. The lowest BCUT2D eigenvalue weighted by Gasteiger charge is -2.23. The number of rotatable bonds is 8. The molecule has 0 saturated heterocycles. The molecule has 27 heavy (non-hydrogen) atoms. The zero-order valence-electron chi connectivity index (χ0n) is 15.2. The predicted octanol–water partition coefficient (Wildman–Crippen LogP) is 1.50. The molecule has 146 valence electrons. The highest BCUT2D eigenvalue weighted by Gasteiger charge is 2.34. The third kappa shape index (κ3) is 5.25. The first-order valence-corrected chi connectivity index (χ1v) is 11.2. The SMILES string of the molecule is CN(CCNS(C)(=O)=O)CC(=O)N1N=C(c2ccco2)CC1c1cccs1. The molecule has 1 amide bonds. The number of sulfonamides is 1. The van der Waals surface area contributed by atoms with Crippen molar-refractivity contribution in [3.05, 3.63) is 46.5 Å². The smallest absolute Gasteiger partial charge is 0.257 e. The molecule has 0 aliphatic carbocycles. The number of thiophene rings is 1. The van der Waals surface area contributed by atoms with Crippen molar-refractivity contribution in [2.24, 2.45) is 5.10 Å². The topological polar surface area (TPSA) is 95.2 Å². The van der Waals surface area contributed by atoms with Crippen molar-refractivity contribution in [1.82, 2.24) is 14.6 Å². The Labute approximate surface area is 162 Å². The van der Waals surface area contributed by atoms with Crippen molar-refractivity contribution in [2.75, 3.05) is 32.9 Å². The monoisotopic (exact) mass is 410 g/mol. The minimum Gasteiger partial charge on any atom is -0.463 e. The lowest BCUT2D eigenvalue weighted by Crippen LogP contribution is -2.39. The summed E-state index contributed by atoms with van der Waals surface area (Å²) >= 11 is 1.59. The van der Waals surface area contributed by atoms with Crippen LogP contribution in [0.5, 0.6) is 0 Å². The maximum absolute atomic E-state index is 12.8. The molecule has 3 heterocycles. The molecule has 1 atom stereocenters. The molecule has 8 nitrogen and oxygen atoms in total. The summed E-state index contributed by atoms with van der Waals surface area (Å²) in [7, 11) is -1.46. The van der Waals surface area contributed by atoms with E-state index < -0.39 is 10.0 Å². The van der Waals surface area contributed by atoms with Gasteiger partial charge < -0.3 is 4.42 Å². The van der Waals surface area contributed by atoms with Crippen molar-refractivity contribution in [2.45, 2.75) is 12.5 Å². The van der Waals surface area contributed by atoms with Crippen LogP contribution < -0.4 is 4.72 Å². The lowest BCUT2D eigenvalue weighted by molar-refractivity contribution is -0.133. The standard InChI is InChI=1S/C17H22N4O4S2/c1-20(8-7-18-27(2,23)24)12-17(22)21-14(16-6-4-10-26-16)11-13(19-21)15-5-3-9-25-15/h3-6,9-10,14,18H,7-8,11-12H2,1-2H3. The van der Waals surface area contributed by atoms with Crippen LogP contribution >= 0.6 is 11.3 Å². The van der Waals surface area contributed by atoms with E-state index in [9.17, 15) is 13.2 Å². The summed E-state index contributed by atoms with van der Waals surface area (Å²) in [6.07, 6.45) is 3.29. The van der Waals surface area contributed by atoms with Crippen molar-refractivity contribution in [1.29, 1.82) is 0 Å². The number of hydrazone groups is 1. The average Bonchev–Trinajstić information content (AvgIpc) is 3.33. The van der Waals surface area contributed by atoms with Crippen LogP contribution in [0.2, 0.25) is 0 Å². The van der Waals surface area contributed by atoms with E-state index >= 15 is 0 Å². The second-order valence-electron chi connectivity index (χ2n) is 6.40. The predicted molar refractivity (Wildman–Crippen MR) is 104 cm³/mol. The molecular formula is C17H22N4O4S2. The van der Waals surface area contributed by atoms with Gasteiger partial charge in [0.2, 0.25) is 10.0 Å². The van der Waals surface area contributed by atoms with Gasteiger partial charge in [0.05, 0.1) is 25.1 Å². The number of nitrogens with zero attached hydrogens (tertiary/aromatic N) is 3.